The Morgan fingerprint density at radius 1 is 1.19 bits per heavy atom. The number of rotatable bonds is 3. The number of nitrogens with two attached hydrogens (primary N) is 1. The van der Waals surface area contributed by atoms with Crippen LogP contribution in [0.4, 0.5) is 0 Å². The molecule has 5 unspecified atom stereocenters. The summed E-state index contributed by atoms with van der Waals surface area (Å²) in [4.78, 5) is 0. The summed E-state index contributed by atoms with van der Waals surface area (Å²) < 4.78 is 0. The summed E-state index contributed by atoms with van der Waals surface area (Å²) in [5.74, 6) is 9.73. The van der Waals surface area contributed by atoms with Crippen LogP contribution in [-0.4, -0.2) is 17.0 Å². The molecule has 16 heavy (non-hydrogen) atoms. The van der Waals surface area contributed by atoms with Crippen molar-refractivity contribution in [2.75, 3.05) is 5.75 Å². The number of hydrogen-bond acceptors (Lipinski definition) is 3. The van der Waals surface area contributed by atoms with Gasteiger partial charge in [0.1, 0.15) is 0 Å². The molecule has 0 aromatic heterocycles. The highest BCUT2D eigenvalue weighted by Crippen LogP contribution is 2.39. The van der Waals surface area contributed by atoms with Gasteiger partial charge in [0.05, 0.1) is 0 Å². The van der Waals surface area contributed by atoms with E-state index >= 15 is 0 Å². The molecule has 3 N–H and O–H groups in total. The molecule has 94 valence electrons. The Balaban J connectivity index is 1.93. The fourth-order valence-corrected chi connectivity index (χ4v) is 4.83. The maximum atomic E-state index is 5.80. The maximum absolute atomic E-state index is 5.80. The first-order valence-electron chi connectivity index (χ1n) is 6.80. The molecule has 2 rings (SSSR count). The average molecular weight is 242 g/mol. The minimum Gasteiger partial charge on any atom is -0.271 e. The van der Waals surface area contributed by atoms with Gasteiger partial charge in [0, 0.05) is 11.3 Å². The van der Waals surface area contributed by atoms with Gasteiger partial charge in [-0.3, -0.25) is 11.3 Å². The second-order valence-electron chi connectivity index (χ2n) is 5.77. The van der Waals surface area contributed by atoms with Crippen molar-refractivity contribution in [3.63, 3.8) is 0 Å². The van der Waals surface area contributed by atoms with Crippen molar-refractivity contribution < 1.29 is 0 Å². The van der Waals surface area contributed by atoms with Gasteiger partial charge in [-0.1, -0.05) is 20.3 Å². The Morgan fingerprint density at radius 3 is 2.56 bits per heavy atom. The van der Waals surface area contributed by atoms with E-state index in [1.807, 2.05) is 0 Å². The SMILES string of the molecule is CC1CCC(C(NN)C2CCCS2)CC1C. The molecule has 0 aromatic rings. The van der Waals surface area contributed by atoms with Crippen LogP contribution in [0.15, 0.2) is 0 Å². The second-order valence-corrected chi connectivity index (χ2v) is 7.12. The summed E-state index contributed by atoms with van der Waals surface area (Å²) in [5.41, 5.74) is 3.13. The lowest BCUT2D eigenvalue weighted by atomic mass is 9.72. The van der Waals surface area contributed by atoms with E-state index in [0.29, 0.717) is 6.04 Å². The smallest absolute Gasteiger partial charge is 0.0357 e. The largest absolute Gasteiger partial charge is 0.271 e. The second kappa shape index (κ2) is 5.74. The minimum atomic E-state index is 0.558. The zero-order chi connectivity index (χ0) is 11.5. The first-order valence-corrected chi connectivity index (χ1v) is 7.85. The Morgan fingerprint density at radius 2 is 2.00 bits per heavy atom. The minimum absolute atomic E-state index is 0.558. The van der Waals surface area contributed by atoms with Gasteiger partial charge in [-0.25, -0.2) is 0 Å². The van der Waals surface area contributed by atoms with Crippen LogP contribution in [0.3, 0.4) is 0 Å². The van der Waals surface area contributed by atoms with Crippen LogP contribution in [-0.2, 0) is 0 Å². The third-order valence-electron chi connectivity index (χ3n) is 4.70. The Kier molecular flexibility index (Phi) is 4.57. The van der Waals surface area contributed by atoms with Crippen LogP contribution in [0, 0.1) is 17.8 Å². The van der Waals surface area contributed by atoms with E-state index in [0.717, 1.165) is 23.0 Å². The van der Waals surface area contributed by atoms with Crippen LogP contribution in [0.25, 0.3) is 0 Å². The van der Waals surface area contributed by atoms with Gasteiger partial charge >= 0.3 is 0 Å². The molecule has 5 atom stereocenters. The van der Waals surface area contributed by atoms with Gasteiger partial charge in [0.2, 0.25) is 0 Å². The third-order valence-corrected chi connectivity index (χ3v) is 6.19. The van der Waals surface area contributed by atoms with E-state index in [-0.39, 0.29) is 0 Å². The van der Waals surface area contributed by atoms with Gasteiger partial charge in [0.15, 0.2) is 0 Å². The summed E-state index contributed by atoms with van der Waals surface area (Å²) in [6.07, 6.45) is 6.87. The van der Waals surface area contributed by atoms with Crippen molar-refractivity contribution >= 4 is 11.8 Å². The summed E-state index contributed by atoms with van der Waals surface area (Å²) >= 11 is 2.13. The van der Waals surface area contributed by atoms with Crippen LogP contribution in [0.2, 0.25) is 0 Å². The monoisotopic (exact) mass is 242 g/mol. The molecule has 3 heteroatoms. The fourth-order valence-electron chi connectivity index (χ4n) is 3.35. The van der Waals surface area contributed by atoms with Crippen LogP contribution in [0.5, 0.6) is 0 Å². The van der Waals surface area contributed by atoms with Crippen LogP contribution >= 0.6 is 11.8 Å². The molecule has 1 saturated heterocycles. The predicted octanol–water partition coefficient (Wildman–Crippen LogP) is 2.79. The van der Waals surface area contributed by atoms with E-state index < -0.39 is 0 Å². The molecular weight excluding hydrogens is 216 g/mol. The molecule has 0 radical (unpaired) electrons. The quantitative estimate of drug-likeness (QED) is 0.590. The van der Waals surface area contributed by atoms with Crippen molar-refractivity contribution in [1.82, 2.24) is 5.43 Å². The lowest BCUT2D eigenvalue weighted by Gasteiger charge is -2.38. The highest BCUT2D eigenvalue weighted by atomic mass is 32.2. The molecule has 0 spiro atoms. The molecule has 1 aliphatic carbocycles. The number of hydrogen-bond donors (Lipinski definition) is 2. The van der Waals surface area contributed by atoms with Gasteiger partial charge in [0.25, 0.3) is 0 Å². The Labute approximate surface area is 104 Å². The van der Waals surface area contributed by atoms with E-state index in [2.05, 4.69) is 31.0 Å². The van der Waals surface area contributed by atoms with Crippen molar-refractivity contribution in [2.45, 2.75) is 57.2 Å². The molecule has 0 aromatic carbocycles. The first-order chi connectivity index (χ1) is 7.72. The van der Waals surface area contributed by atoms with E-state index in [1.165, 1.54) is 37.9 Å². The zero-order valence-corrected chi connectivity index (χ0v) is 11.4. The normalized spacial score (nSPS) is 42.2. The molecule has 0 amide bonds. The van der Waals surface area contributed by atoms with Gasteiger partial charge in [-0.15, -0.1) is 0 Å². The zero-order valence-electron chi connectivity index (χ0n) is 10.6. The van der Waals surface area contributed by atoms with Crippen molar-refractivity contribution in [2.24, 2.45) is 23.6 Å². The maximum Gasteiger partial charge on any atom is 0.0357 e. The molecule has 2 fully saturated rings. The van der Waals surface area contributed by atoms with Gasteiger partial charge < -0.3 is 0 Å². The fraction of sp³-hybridized carbons (Fsp3) is 1.00. The molecule has 2 aliphatic rings. The Hall–Kier alpha value is 0.270. The average Bonchev–Trinajstić information content (AvgIpc) is 2.78. The first kappa shape index (κ1) is 12.7. The van der Waals surface area contributed by atoms with Gasteiger partial charge in [-0.05, 0) is 49.2 Å². The third kappa shape index (κ3) is 2.74. The van der Waals surface area contributed by atoms with E-state index in [4.69, 9.17) is 5.84 Å². The van der Waals surface area contributed by atoms with Gasteiger partial charge in [-0.2, -0.15) is 11.8 Å². The molecular formula is C13H26N2S. The van der Waals surface area contributed by atoms with E-state index in [1.54, 1.807) is 0 Å². The summed E-state index contributed by atoms with van der Waals surface area (Å²) in [6, 6.07) is 0.558. The van der Waals surface area contributed by atoms with Crippen molar-refractivity contribution in [1.29, 1.82) is 0 Å². The number of hydrazine groups is 1. The van der Waals surface area contributed by atoms with Crippen LogP contribution < -0.4 is 11.3 Å². The molecule has 2 nitrogen and oxygen atoms in total. The van der Waals surface area contributed by atoms with E-state index in [9.17, 15) is 0 Å². The number of nitrogens with one attached hydrogen (secondary N) is 1. The standard InChI is InChI=1S/C13H26N2S/c1-9-5-6-11(8-10(9)2)13(15-14)12-4-3-7-16-12/h9-13,15H,3-8,14H2,1-2H3. The van der Waals surface area contributed by atoms with Crippen LogP contribution in [0.1, 0.15) is 46.0 Å². The highest BCUT2D eigenvalue weighted by Gasteiger charge is 2.35. The lowest BCUT2D eigenvalue weighted by Crippen LogP contribution is -2.48. The summed E-state index contributed by atoms with van der Waals surface area (Å²) in [6.45, 7) is 4.81. The lowest BCUT2D eigenvalue weighted by molar-refractivity contribution is 0.168. The molecule has 1 heterocycles. The topological polar surface area (TPSA) is 38.0 Å². The summed E-state index contributed by atoms with van der Waals surface area (Å²) in [7, 11) is 0. The molecule has 1 aliphatic heterocycles. The number of thioether (sulfide) groups is 1. The molecule has 1 saturated carbocycles. The summed E-state index contributed by atoms with van der Waals surface area (Å²) in [5, 5.41) is 0.774. The molecule has 0 bridgehead atoms. The Bertz CT molecular complexity index is 216. The highest BCUT2D eigenvalue weighted by molar-refractivity contribution is 8.00. The van der Waals surface area contributed by atoms with Crippen molar-refractivity contribution in [3.05, 3.63) is 0 Å². The predicted molar refractivity (Wildman–Crippen MR) is 72.3 cm³/mol. The van der Waals surface area contributed by atoms with Crippen molar-refractivity contribution in [3.8, 4) is 0 Å².